The zero-order valence-electron chi connectivity index (χ0n) is 11.1. The first kappa shape index (κ1) is 16.1. The summed E-state index contributed by atoms with van der Waals surface area (Å²) in [6.07, 6.45) is 0.685. The van der Waals surface area contributed by atoms with E-state index in [9.17, 15) is 0 Å². The summed E-state index contributed by atoms with van der Waals surface area (Å²) in [5, 5.41) is 1.26. The van der Waals surface area contributed by atoms with Gasteiger partial charge in [-0.3, -0.25) is 0 Å². The second kappa shape index (κ2) is 7.64. The van der Waals surface area contributed by atoms with Crippen molar-refractivity contribution in [2.75, 3.05) is 18.9 Å². The third kappa shape index (κ3) is 4.88. The lowest BCUT2D eigenvalue weighted by Crippen LogP contribution is -2.05. The highest BCUT2D eigenvalue weighted by Gasteiger charge is 2.08. The van der Waals surface area contributed by atoms with Crippen LogP contribution in [0.2, 0.25) is 15.1 Å². The lowest BCUT2D eigenvalue weighted by atomic mass is 10.3. The fourth-order valence-corrected chi connectivity index (χ4v) is 2.62. The summed E-state index contributed by atoms with van der Waals surface area (Å²) in [5.41, 5.74) is 6.34. The molecule has 21 heavy (non-hydrogen) atoms. The molecule has 0 aromatic heterocycles. The number of rotatable bonds is 6. The Hall–Kier alpha value is -1.29. The minimum Gasteiger partial charge on any atom is -0.493 e. The molecule has 2 N–H and O–H groups in total. The maximum absolute atomic E-state index is 6.02. The van der Waals surface area contributed by atoms with Gasteiger partial charge in [-0.1, -0.05) is 40.9 Å². The summed E-state index contributed by atoms with van der Waals surface area (Å²) in [4.78, 5) is 0. The van der Waals surface area contributed by atoms with Crippen LogP contribution < -0.4 is 15.2 Å². The quantitative estimate of drug-likeness (QED) is 0.586. The molecule has 0 bridgehead atoms. The second-order valence-corrected chi connectivity index (χ2v) is 5.57. The van der Waals surface area contributed by atoms with Gasteiger partial charge in [0.15, 0.2) is 5.75 Å². The third-order valence-electron chi connectivity index (χ3n) is 2.62. The normalized spacial score (nSPS) is 10.4. The predicted octanol–water partition coefficient (Wildman–Crippen LogP) is 5.08. The van der Waals surface area contributed by atoms with Crippen molar-refractivity contribution in [3.8, 4) is 11.5 Å². The molecule has 0 unspecified atom stereocenters. The van der Waals surface area contributed by atoms with E-state index in [1.54, 1.807) is 24.3 Å². The SMILES string of the molecule is Nc1cccc(OCCCOc2c(Cl)cc(Cl)cc2Cl)c1. The van der Waals surface area contributed by atoms with Gasteiger partial charge in [-0.05, 0) is 24.3 Å². The van der Waals surface area contributed by atoms with Crippen molar-refractivity contribution in [2.24, 2.45) is 0 Å². The molecule has 0 fully saturated rings. The van der Waals surface area contributed by atoms with Crippen molar-refractivity contribution in [3.05, 3.63) is 51.5 Å². The number of hydrogen-bond donors (Lipinski definition) is 1. The molecule has 2 rings (SSSR count). The second-order valence-electron chi connectivity index (χ2n) is 4.32. The average molecular weight is 347 g/mol. The Morgan fingerprint density at radius 3 is 2.24 bits per heavy atom. The van der Waals surface area contributed by atoms with Crippen molar-refractivity contribution in [3.63, 3.8) is 0 Å². The molecular formula is C15H14Cl3NO2. The summed E-state index contributed by atoms with van der Waals surface area (Å²) < 4.78 is 11.1. The standard InChI is InChI=1S/C15H14Cl3NO2/c16-10-7-13(17)15(14(18)8-10)21-6-2-5-20-12-4-1-3-11(19)9-12/h1,3-4,7-9H,2,5-6,19H2. The van der Waals surface area contributed by atoms with E-state index in [0.29, 0.717) is 46.1 Å². The maximum Gasteiger partial charge on any atom is 0.156 e. The van der Waals surface area contributed by atoms with Gasteiger partial charge in [0.2, 0.25) is 0 Å². The summed E-state index contributed by atoms with van der Waals surface area (Å²) in [6, 6.07) is 10.5. The predicted molar refractivity (Wildman–Crippen MR) is 87.9 cm³/mol. The number of benzene rings is 2. The average Bonchev–Trinajstić information content (AvgIpc) is 2.41. The van der Waals surface area contributed by atoms with Gasteiger partial charge in [0.05, 0.1) is 23.3 Å². The molecule has 2 aromatic carbocycles. The molecule has 0 aliphatic heterocycles. The van der Waals surface area contributed by atoms with E-state index >= 15 is 0 Å². The summed E-state index contributed by atoms with van der Waals surface area (Å²) in [6.45, 7) is 0.940. The molecule has 0 amide bonds. The highest BCUT2D eigenvalue weighted by Crippen LogP contribution is 2.35. The largest absolute Gasteiger partial charge is 0.493 e. The van der Waals surface area contributed by atoms with Crippen LogP contribution in [-0.4, -0.2) is 13.2 Å². The van der Waals surface area contributed by atoms with E-state index in [-0.39, 0.29) is 0 Å². The van der Waals surface area contributed by atoms with Crippen LogP contribution in [0.15, 0.2) is 36.4 Å². The fraction of sp³-hybridized carbons (Fsp3) is 0.200. The molecule has 0 radical (unpaired) electrons. The van der Waals surface area contributed by atoms with Crippen LogP contribution in [0, 0.1) is 0 Å². The molecule has 6 heteroatoms. The van der Waals surface area contributed by atoms with Gasteiger partial charge in [-0.25, -0.2) is 0 Å². The van der Waals surface area contributed by atoms with Crippen molar-refractivity contribution in [1.29, 1.82) is 0 Å². The zero-order valence-corrected chi connectivity index (χ0v) is 13.4. The molecule has 112 valence electrons. The van der Waals surface area contributed by atoms with Crippen LogP contribution in [0.1, 0.15) is 6.42 Å². The summed E-state index contributed by atoms with van der Waals surface area (Å²) in [7, 11) is 0. The Morgan fingerprint density at radius 1 is 0.905 bits per heavy atom. The van der Waals surface area contributed by atoms with Crippen LogP contribution in [0.4, 0.5) is 5.69 Å². The van der Waals surface area contributed by atoms with Crippen LogP contribution >= 0.6 is 34.8 Å². The lowest BCUT2D eigenvalue weighted by Gasteiger charge is -2.11. The Morgan fingerprint density at radius 2 is 1.57 bits per heavy atom. The molecule has 0 aliphatic rings. The number of hydrogen-bond acceptors (Lipinski definition) is 3. The van der Waals surface area contributed by atoms with Crippen LogP contribution in [-0.2, 0) is 0 Å². The first-order valence-corrected chi connectivity index (χ1v) is 7.45. The molecule has 0 atom stereocenters. The Labute approximate surface area is 138 Å². The Balaban J connectivity index is 1.78. The highest BCUT2D eigenvalue weighted by molar-refractivity contribution is 6.40. The summed E-state index contributed by atoms with van der Waals surface area (Å²) in [5.74, 6) is 1.17. The molecule has 3 nitrogen and oxygen atoms in total. The minimum atomic E-state index is 0.393. The van der Waals surface area contributed by atoms with Crippen molar-refractivity contribution in [2.45, 2.75) is 6.42 Å². The number of halogens is 3. The molecule has 0 spiro atoms. The zero-order chi connectivity index (χ0) is 15.2. The van der Waals surface area contributed by atoms with Gasteiger partial charge in [0.25, 0.3) is 0 Å². The number of anilines is 1. The van der Waals surface area contributed by atoms with Crippen LogP contribution in [0.5, 0.6) is 11.5 Å². The van der Waals surface area contributed by atoms with Gasteiger partial charge in [-0.2, -0.15) is 0 Å². The highest BCUT2D eigenvalue weighted by atomic mass is 35.5. The van der Waals surface area contributed by atoms with E-state index in [1.165, 1.54) is 0 Å². The molecular weight excluding hydrogens is 333 g/mol. The van der Waals surface area contributed by atoms with Crippen molar-refractivity contribution in [1.82, 2.24) is 0 Å². The monoisotopic (exact) mass is 345 g/mol. The maximum atomic E-state index is 6.02. The Kier molecular flexibility index (Phi) is 5.85. The molecule has 0 saturated heterocycles. The third-order valence-corrected chi connectivity index (χ3v) is 3.40. The van der Waals surface area contributed by atoms with Gasteiger partial charge >= 0.3 is 0 Å². The minimum absolute atomic E-state index is 0.393. The first-order valence-electron chi connectivity index (χ1n) is 6.32. The number of ether oxygens (including phenoxy) is 2. The van der Waals surface area contributed by atoms with E-state index in [4.69, 9.17) is 50.0 Å². The van der Waals surface area contributed by atoms with Gasteiger partial charge < -0.3 is 15.2 Å². The van der Waals surface area contributed by atoms with Crippen molar-refractivity contribution >= 4 is 40.5 Å². The lowest BCUT2D eigenvalue weighted by molar-refractivity contribution is 0.247. The Bertz CT molecular complexity index is 597. The van der Waals surface area contributed by atoms with Gasteiger partial charge in [0, 0.05) is 23.2 Å². The van der Waals surface area contributed by atoms with Crippen LogP contribution in [0.25, 0.3) is 0 Å². The van der Waals surface area contributed by atoms with E-state index in [2.05, 4.69) is 0 Å². The van der Waals surface area contributed by atoms with Gasteiger partial charge in [0.1, 0.15) is 5.75 Å². The van der Waals surface area contributed by atoms with E-state index < -0.39 is 0 Å². The molecule has 0 heterocycles. The molecule has 2 aromatic rings. The van der Waals surface area contributed by atoms with Gasteiger partial charge in [-0.15, -0.1) is 0 Å². The van der Waals surface area contributed by atoms with Crippen LogP contribution in [0.3, 0.4) is 0 Å². The van der Waals surface area contributed by atoms with Crippen molar-refractivity contribution < 1.29 is 9.47 Å². The smallest absolute Gasteiger partial charge is 0.156 e. The number of nitrogen functional groups attached to an aromatic ring is 1. The topological polar surface area (TPSA) is 44.5 Å². The molecule has 0 saturated carbocycles. The molecule has 0 aliphatic carbocycles. The van der Waals surface area contributed by atoms with E-state index in [0.717, 1.165) is 5.75 Å². The fourth-order valence-electron chi connectivity index (χ4n) is 1.69. The first-order chi connectivity index (χ1) is 10.1. The van der Waals surface area contributed by atoms with E-state index in [1.807, 2.05) is 12.1 Å². The number of nitrogens with two attached hydrogens (primary N) is 1. The summed E-state index contributed by atoms with van der Waals surface area (Å²) >= 11 is 17.9.